The zero-order valence-corrected chi connectivity index (χ0v) is 12.2. The Labute approximate surface area is 129 Å². The van der Waals surface area contributed by atoms with Crippen LogP contribution in [0.25, 0.3) is 10.8 Å². The summed E-state index contributed by atoms with van der Waals surface area (Å²) in [5.41, 5.74) is -0.0617. The first-order chi connectivity index (χ1) is 10.7. The highest BCUT2D eigenvalue weighted by molar-refractivity contribution is 7.89. The molecule has 0 aliphatic carbocycles. The highest BCUT2D eigenvalue weighted by atomic mass is 32.2. The number of hydrogen-bond donors (Lipinski definition) is 2. The molecule has 2 aromatic carbocycles. The van der Waals surface area contributed by atoms with Gasteiger partial charge in [0.25, 0.3) is 11.6 Å². The van der Waals surface area contributed by atoms with Gasteiger partial charge in [0.15, 0.2) is 0 Å². The molecule has 3 rings (SSSR count). The lowest BCUT2D eigenvalue weighted by Gasteiger charge is -2.19. The first kappa shape index (κ1) is 15.1. The second-order valence-electron chi connectivity index (χ2n) is 4.96. The van der Waals surface area contributed by atoms with Crippen molar-refractivity contribution in [1.29, 1.82) is 0 Å². The maximum Gasteiger partial charge on any atom is 0.292 e. The van der Waals surface area contributed by atoms with Crippen molar-refractivity contribution in [2.75, 3.05) is 5.32 Å². The molecule has 1 aliphatic heterocycles. The van der Waals surface area contributed by atoms with E-state index < -0.39 is 37.2 Å². The van der Waals surface area contributed by atoms with Crippen molar-refractivity contribution in [2.45, 2.75) is 11.3 Å². The molecule has 1 heterocycles. The molecule has 0 saturated heterocycles. The molecule has 0 spiro atoms. The quantitative estimate of drug-likeness (QED) is 0.462. The van der Waals surface area contributed by atoms with E-state index in [1.54, 1.807) is 0 Å². The number of hydrogen-bond acceptors (Lipinski definition) is 6. The molecule has 3 N–H and O–H groups in total. The van der Waals surface area contributed by atoms with Gasteiger partial charge >= 0.3 is 0 Å². The van der Waals surface area contributed by atoms with E-state index in [2.05, 4.69) is 5.32 Å². The van der Waals surface area contributed by atoms with Crippen LogP contribution in [-0.2, 0) is 26.0 Å². The second kappa shape index (κ2) is 4.83. The van der Waals surface area contributed by atoms with Crippen LogP contribution in [0.4, 0.5) is 11.4 Å². The molecule has 2 aromatic rings. The van der Waals surface area contributed by atoms with Gasteiger partial charge in [0.2, 0.25) is 15.8 Å². The molecule has 0 saturated carbocycles. The topological polar surface area (TPSA) is 149 Å². The van der Waals surface area contributed by atoms with Crippen LogP contribution in [-0.4, -0.2) is 25.0 Å². The van der Waals surface area contributed by atoms with Crippen molar-refractivity contribution < 1.29 is 22.9 Å². The van der Waals surface area contributed by atoms with Crippen molar-refractivity contribution in [2.24, 2.45) is 5.14 Å². The Bertz CT molecular complexity index is 1010. The summed E-state index contributed by atoms with van der Waals surface area (Å²) in [5.74, 6) is -1.58. The molecular formula is C13H9N3O6S. The van der Waals surface area contributed by atoms with E-state index in [-0.39, 0.29) is 28.4 Å². The van der Waals surface area contributed by atoms with Gasteiger partial charge in [-0.05, 0) is 11.6 Å². The van der Waals surface area contributed by atoms with Crippen LogP contribution in [0, 0.1) is 10.1 Å². The van der Waals surface area contributed by atoms with Crippen molar-refractivity contribution >= 4 is 43.9 Å². The molecule has 0 aromatic heterocycles. The number of benzene rings is 2. The lowest BCUT2D eigenvalue weighted by atomic mass is 9.95. The Hall–Kier alpha value is -2.85. The summed E-state index contributed by atoms with van der Waals surface area (Å²) in [7, 11) is -4.22. The largest absolute Gasteiger partial charge is 0.319 e. The van der Waals surface area contributed by atoms with Crippen LogP contribution in [0.3, 0.4) is 0 Å². The van der Waals surface area contributed by atoms with Gasteiger partial charge in [-0.1, -0.05) is 12.1 Å². The number of sulfonamides is 1. The van der Waals surface area contributed by atoms with E-state index in [9.17, 15) is 28.1 Å². The Kier molecular flexibility index (Phi) is 3.16. The summed E-state index contributed by atoms with van der Waals surface area (Å²) in [5, 5.41) is 18.7. The molecule has 118 valence electrons. The number of carbonyl (C=O) groups is 2. The minimum Gasteiger partial charge on any atom is -0.319 e. The minimum atomic E-state index is -4.22. The third kappa shape index (κ3) is 2.33. The van der Waals surface area contributed by atoms with Crippen LogP contribution < -0.4 is 10.5 Å². The number of carbonyl (C=O) groups excluding carboxylic acids is 2. The van der Waals surface area contributed by atoms with Gasteiger partial charge in [-0.2, -0.15) is 0 Å². The summed E-state index contributed by atoms with van der Waals surface area (Å²) >= 11 is 0. The molecule has 0 radical (unpaired) electrons. The third-order valence-corrected chi connectivity index (χ3v) is 4.48. The van der Waals surface area contributed by atoms with Gasteiger partial charge in [0, 0.05) is 17.9 Å². The van der Waals surface area contributed by atoms with E-state index in [1.807, 2.05) is 0 Å². The van der Waals surface area contributed by atoms with Crippen molar-refractivity contribution in [3.8, 4) is 0 Å². The number of nitro benzene ring substituents is 1. The van der Waals surface area contributed by atoms with Gasteiger partial charge in [-0.15, -0.1) is 0 Å². The Morgan fingerprint density at radius 1 is 1.26 bits per heavy atom. The molecule has 1 amide bonds. The fourth-order valence-corrected chi connectivity index (χ4v) is 3.36. The lowest BCUT2D eigenvalue weighted by Crippen LogP contribution is -2.30. The predicted octanol–water partition coefficient (Wildman–Crippen LogP) is 0.459. The number of primary sulfonamides is 1. The molecule has 10 heteroatoms. The molecular weight excluding hydrogens is 326 g/mol. The van der Waals surface area contributed by atoms with Crippen molar-refractivity contribution in [3.63, 3.8) is 0 Å². The number of anilines is 1. The monoisotopic (exact) mass is 335 g/mol. The molecule has 0 bridgehead atoms. The normalized spacial score (nSPS) is 14.5. The Morgan fingerprint density at radius 2 is 1.96 bits per heavy atom. The smallest absolute Gasteiger partial charge is 0.292 e. The van der Waals surface area contributed by atoms with Crippen LogP contribution in [0.1, 0.15) is 5.56 Å². The number of amides is 1. The van der Waals surface area contributed by atoms with Gasteiger partial charge in [-0.3, -0.25) is 19.7 Å². The highest BCUT2D eigenvalue weighted by Crippen LogP contribution is 2.39. The van der Waals surface area contributed by atoms with Crippen LogP contribution >= 0.6 is 0 Å². The second-order valence-corrected chi connectivity index (χ2v) is 6.49. The number of nitrogens with zero attached hydrogens (tertiary/aromatic N) is 1. The van der Waals surface area contributed by atoms with Crippen molar-refractivity contribution in [1.82, 2.24) is 0 Å². The molecule has 0 fully saturated rings. The van der Waals surface area contributed by atoms with Gasteiger partial charge < -0.3 is 5.32 Å². The summed E-state index contributed by atoms with van der Waals surface area (Å²) in [4.78, 5) is 33.2. The number of Topliss-reactive ketones (excluding diaryl/α,β-unsaturated/α-hetero) is 1. The van der Waals surface area contributed by atoms with Crippen LogP contribution in [0.2, 0.25) is 0 Å². The molecule has 23 heavy (non-hydrogen) atoms. The molecule has 9 nitrogen and oxygen atoms in total. The highest BCUT2D eigenvalue weighted by Gasteiger charge is 2.30. The Morgan fingerprint density at radius 3 is 2.57 bits per heavy atom. The number of ketones is 1. The van der Waals surface area contributed by atoms with Crippen LogP contribution in [0.5, 0.6) is 0 Å². The fraction of sp³-hybridized carbons (Fsp3) is 0.0769. The zero-order chi connectivity index (χ0) is 16.9. The first-order valence-corrected chi connectivity index (χ1v) is 7.84. The maximum absolute atomic E-state index is 11.7. The summed E-state index contributed by atoms with van der Waals surface area (Å²) < 4.78 is 23.4. The predicted molar refractivity (Wildman–Crippen MR) is 79.3 cm³/mol. The maximum atomic E-state index is 11.7. The summed E-state index contributed by atoms with van der Waals surface area (Å²) in [6.07, 6.45) is -0.294. The third-order valence-electron chi connectivity index (χ3n) is 3.53. The van der Waals surface area contributed by atoms with Gasteiger partial charge in [-0.25, -0.2) is 13.6 Å². The van der Waals surface area contributed by atoms with Gasteiger partial charge in [0.1, 0.15) is 0 Å². The molecule has 0 unspecified atom stereocenters. The van der Waals surface area contributed by atoms with E-state index in [0.29, 0.717) is 0 Å². The minimum absolute atomic E-state index is 0.140. The number of nitro groups is 1. The lowest BCUT2D eigenvalue weighted by molar-refractivity contribution is -0.383. The average molecular weight is 335 g/mol. The number of non-ortho nitro benzene ring substituents is 1. The van der Waals surface area contributed by atoms with Crippen molar-refractivity contribution in [3.05, 3.63) is 39.9 Å². The SMILES string of the molecule is NS(=O)(=O)c1cccc2c3c(cc([N+](=O)[O-])c12)CC(=O)C(=O)N3. The number of nitrogens with one attached hydrogen (secondary N) is 1. The molecule has 1 aliphatic rings. The molecule has 0 atom stereocenters. The van der Waals surface area contributed by atoms with Gasteiger partial charge in [0.05, 0.1) is 20.9 Å². The standard InChI is InChI=1S/C13H9N3O6S/c14-23(21,22)10-3-1-2-7-11(10)8(16(19)20)4-6-5-9(17)13(18)15-12(6)7/h1-4H,5H2,(H,15,18)(H2,14,21,22). The van der Waals surface area contributed by atoms with Crippen LogP contribution in [0.15, 0.2) is 29.2 Å². The summed E-state index contributed by atoms with van der Waals surface area (Å²) in [6, 6.07) is 5.01. The number of nitrogens with two attached hydrogens (primary N) is 1. The number of rotatable bonds is 2. The fourth-order valence-electron chi connectivity index (χ4n) is 2.59. The van der Waals surface area contributed by atoms with E-state index in [0.717, 1.165) is 12.1 Å². The number of fused-ring (bicyclic) bond motifs is 3. The zero-order valence-electron chi connectivity index (χ0n) is 11.4. The Balaban J connectivity index is 2.51. The average Bonchev–Trinajstić information content (AvgIpc) is 2.46. The van der Waals surface area contributed by atoms with E-state index >= 15 is 0 Å². The van der Waals surface area contributed by atoms with E-state index in [4.69, 9.17) is 5.14 Å². The first-order valence-electron chi connectivity index (χ1n) is 6.30. The van der Waals surface area contributed by atoms with E-state index in [1.165, 1.54) is 12.1 Å². The summed E-state index contributed by atoms with van der Waals surface area (Å²) in [6.45, 7) is 0.